The minimum absolute atomic E-state index is 0.00479. The Morgan fingerprint density at radius 2 is 0.986 bits per heavy atom. The highest BCUT2D eigenvalue weighted by Crippen LogP contribution is 2.74. The third kappa shape index (κ3) is 5.79. The maximum absolute atomic E-state index is 6.42. The largest absolute Gasteiger partial charge is 0.311 e. The summed E-state index contributed by atoms with van der Waals surface area (Å²) in [7, 11) is 0. The van der Waals surface area contributed by atoms with Crippen molar-refractivity contribution in [3.63, 3.8) is 0 Å². The van der Waals surface area contributed by atoms with Crippen molar-refractivity contribution in [2.24, 2.45) is 41.4 Å². The lowest BCUT2D eigenvalue weighted by atomic mass is 9.32. The number of pyridine rings is 1. The highest BCUT2D eigenvalue weighted by atomic mass is 15.2. The van der Waals surface area contributed by atoms with Crippen molar-refractivity contribution in [3.8, 4) is 0 Å². The van der Waals surface area contributed by atoms with Gasteiger partial charge in [-0.3, -0.25) is 4.90 Å². The average molecular weight is 912 g/mol. The fraction of sp³-hybridized carbons (Fsp3) is 0.554. The zero-order valence-corrected chi connectivity index (χ0v) is 44.6. The van der Waals surface area contributed by atoms with Crippen LogP contribution >= 0.6 is 0 Å². The molecule has 0 N–H and O–H groups in total. The van der Waals surface area contributed by atoms with Crippen LogP contribution in [0.25, 0.3) is 0 Å². The second kappa shape index (κ2) is 13.2. The van der Waals surface area contributed by atoms with E-state index < -0.39 is 0 Å². The van der Waals surface area contributed by atoms with Crippen LogP contribution < -0.4 is 26.2 Å². The summed E-state index contributed by atoms with van der Waals surface area (Å²) in [4.78, 5) is 11.9. The van der Waals surface area contributed by atoms with E-state index in [0.29, 0.717) is 0 Å². The van der Waals surface area contributed by atoms with Gasteiger partial charge in [-0.05, 0) is 218 Å². The molecule has 4 aromatic carbocycles. The minimum Gasteiger partial charge on any atom is -0.311 e. The van der Waals surface area contributed by atoms with Crippen molar-refractivity contribution in [1.82, 2.24) is 4.98 Å². The number of nitrogens with zero attached hydrogens (tertiary/aromatic N) is 3. The summed E-state index contributed by atoms with van der Waals surface area (Å²) in [5.74, 6) is 7.69. The number of aromatic nitrogens is 1. The molecule has 11 aliphatic rings. The van der Waals surface area contributed by atoms with Gasteiger partial charge in [-0.15, -0.1) is 0 Å². The second-order valence-electron chi connectivity index (χ2n) is 29.7. The molecule has 3 heterocycles. The van der Waals surface area contributed by atoms with Crippen molar-refractivity contribution in [2.45, 2.75) is 186 Å². The number of hydrogen-bond donors (Lipinski definition) is 0. The fourth-order valence-electron chi connectivity index (χ4n) is 19.0. The maximum atomic E-state index is 6.42. The van der Waals surface area contributed by atoms with Gasteiger partial charge in [-0.25, -0.2) is 4.98 Å². The summed E-state index contributed by atoms with van der Waals surface area (Å²) in [6.07, 6.45) is 10.8. The minimum atomic E-state index is -0.00479. The molecule has 7 saturated carbocycles. The third-order valence-corrected chi connectivity index (χ3v) is 21.4. The summed E-state index contributed by atoms with van der Waals surface area (Å²) in [5.41, 5.74) is 21.6. The van der Waals surface area contributed by atoms with Gasteiger partial charge in [0.05, 0.1) is 5.69 Å². The normalized spacial score (nSPS) is 31.4. The summed E-state index contributed by atoms with van der Waals surface area (Å²) in [6, 6.07) is 33.0. The SMILES string of the molecule is CC(C)(C)c1ccc(N2c3ccc(C(C)(C)C)cc3B3c4cc5c(cc4N(c4ccc6c(c4)C(C)(C)CC6(C)C)c4nc(C67CC8C9CC%10CC8C(C6)C(C%10)C9C7)cc2c43)C(C)(C)CC5(C)C)cc1. The van der Waals surface area contributed by atoms with Gasteiger partial charge in [0, 0.05) is 33.9 Å². The molecular weight excluding hydrogens is 834 g/mol. The first-order chi connectivity index (χ1) is 32.3. The first-order valence-corrected chi connectivity index (χ1v) is 27.6. The van der Waals surface area contributed by atoms with E-state index in [-0.39, 0.29) is 44.6 Å². The lowest BCUT2D eigenvalue weighted by Gasteiger charge is -2.72. The molecule has 2 aliphatic heterocycles. The first-order valence-electron chi connectivity index (χ1n) is 27.6. The Balaban J connectivity index is 1.09. The third-order valence-electron chi connectivity index (χ3n) is 21.4. The van der Waals surface area contributed by atoms with Gasteiger partial charge in [-0.1, -0.05) is 133 Å². The van der Waals surface area contributed by atoms with Crippen LogP contribution in [0.4, 0.5) is 34.3 Å². The maximum Gasteiger partial charge on any atom is 0.254 e. The smallest absolute Gasteiger partial charge is 0.254 e. The quantitative estimate of drug-likeness (QED) is 0.165. The number of rotatable bonds is 3. The molecule has 5 aromatic rings. The summed E-state index contributed by atoms with van der Waals surface area (Å²) >= 11 is 0. The Morgan fingerprint density at radius 3 is 1.57 bits per heavy atom. The van der Waals surface area contributed by atoms with Gasteiger partial charge < -0.3 is 4.90 Å². The van der Waals surface area contributed by atoms with Crippen LogP contribution in [-0.2, 0) is 37.9 Å². The van der Waals surface area contributed by atoms with Gasteiger partial charge in [-0.2, -0.15) is 0 Å². The van der Waals surface area contributed by atoms with E-state index in [1.165, 1.54) is 128 Å². The van der Waals surface area contributed by atoms with Gasteiger partial charge >= 0.3 is 0 Å². The van der Waals surface area contributed by atoms with Crippen LogP contribution in [0.15, 0.2) is 78.9 Å². The van der Waals surface area contributed by atoms with E-state index in [1.807, 2.05) is 0 Å². The van der Waals surface area contributed by atoms with Crippen molar-refractivity contribution in [2.75, 3.05) is 9.80 Å². The van der Waals surface area contributed by atoms with E-state index in [0.717, 1.165) is 54.3 Å². The molecule has 8 bridgehead atoms. The summed E-state index contributed by atoms with van der Waals surface area (Å²) in [6.45, 7) is 34.2. The Bertz CT molecular complexity index is 3000. The van der Waals surface area contributed by atoms with Gasteiger partial charge in [0.1, 0.15) is 5.82 Å². The molecule has 0 atom stereocenters. The van der Waals surface area contributed by atoms with Gasteiger partial charge in [0.2, 0.25) is 0 Å². The van der Waals surface area contributed by atoms with Gasteiger partial charge in [0.25, 0.3) is 6.71 Å². The topological polar surface area (TPSA) is 19.4 Å². The van der Waals surface area contributed by atoms with Crippen molar-refractivity contribution in [1.29, 1.82) is 0 Å². The highest BCUT2D eigenvalue weighted by molar-refractivity contribution is 7.00. The molecule has 0 saturated heterocycles. The Hall–Kier alpha value is -4.31. The van der Waals surface area contributed by atoms with Crippen LogP contribution in [0.5, 0.6) is 0 Å². The number of anilines is 6. The molecular formula is C65H78BN3. The Kier molecular flexibility index (Phi) is 8.32. The molecule has 16 rings (SSSR count). The van der Waals surface area contributed by atoms with Crippen LogP contribution in [0, 0.1) is 41.4 Å². The molecule has 0 spiro atoms. The molecule has 0 radical (unpaired) electrons. The van der Waals surface area contributed by atoms with E-state index >= 15 is 0 Å². The molecule has 4 heteroatoms. The zero-order chi connectivity index (χ0) is 48.1. The Morgan fingerprint density at radius 1 is 0.478 bits per heavy atom. The lowest BCUT2D eigenvalue weighted by Crippen LogP contribution is -2.66. The van der Waals surface area contributed by atoms with E-state index in [4.69, 9.17) is 4.98 Å². The molecule has 69 heavy (non-hydrogen) atoms. The fourth-order valence-corrected chi connectivity index (χ4v) is 19.0. The number of fused-ring (bicyclic) bond motifs is 6. The monoisotopic (exact) mass is 912 g/mol. The van der Waals surface area contributed by atoms with Crippen LogP contribution in [0.1, 0.15) is 187 Å². The summed E-state index contributed by atoms with van der Waals surface area (Å²) < 4.78 is 0. The molecule has 356 valence electrons. The average Bonchev–Trinajstić information content (AvgIpc) is 3.59. The molecule has 9 aliphatic carbocycles. The number of hydrogen-bond acceptors (Lipinski definition) is 3. The van der Waals surface area contributed by atoms with E-state index in [2.05, 4.69) is 186 Å². The zero-order valence-electron chi connectivity index (χ0n) is 44.6. The predicted octanol–water partition coefficient (Wildman–Crippen LogP) is 14.6. The second-order valence-corrected chi connectivity index (χ2v) is 29.7. The van der Waals surface area contributed by atoms with Gasteiger partial charge in [0.15, 0.2) is 0 Å². The lowest BCUT2D eigenvalue weighted by molar-refractivity contribution is -0.213. The molecule has 0 unspecified atom stereocenters. The predicted molar refractivity (Wildman–Crippen MR) is 291 cm³/mol. The molecule has 7 fully saturated rings. The van der Waals surface area contributed by atoms with Crippen molar-refractivity contribution in [3.05, 3.63) is 118 Å². The van der Waals surface area contributed by atoms with E-state index in [9.17, 15) is 0 Å². The first kappa shape index (κ1) is 43.5. The number of benzene rings is 4. The Labute approximate surface area is 415 Å². The van der Waals surface area contributed by atoms with Crippen molar-refractivity contribution >= 4 is 57.4 Å². The van der Waals surface area contributed by atoms with Crippen LogP contribution in [0.2, 0.25) is 0 Å². The highest BCUT2D eigenvalue weighted by Gasteiger charge is 2.68. The molecule has 3 nitrogen and oxygen atoms in total. The van der Waals surface area contributed by atoms with E-state index in [1.54, 1.807) is 0 Å². The molecule has 1 aromatic heterocycles. The van der Waals surface area contributed by atoms with Crippen LogP contribution in [-0.4, -0.2) is 11.7 Å². The van der Waals surface area contributed by atoms with Crippen molar-refractivity contribution < 1.29 is 0 Å². The summed E-state index contributed by atoms with van der Waals surface area (Å²) in [5, 5.41) is 0. The standard InChI is InChI=1S/C65H78BN3/c1-59(2,3)37-15-18-39(19-16-37)68-53-22-17-38(60(4,5)6)26-51(53)66-52-28-49-50(64(13,14)35-63(49,11)12)29-54(52)69(40-20-21-47-48(27-40)62(9,10)34-61(47,7)8)58-57(66)55(68)30-56(67-58)65-31-44-41-23-36-24-42(44)46(33-65)43(25-36)45(41)32-65/h15-22,26-30,36,41-46H,23-25,31-35H2,1-14H3. The van der Waals surface area contributed by atoms with Crippen LogP contribution in [0.3, 0.4) is 0 Å². The molecule has 0 amide bonds.